The molecule has 0 saturated carbocycles. The van der Waals surface area contributed by atoms with Crippen molar-refractivity contribution in [3.8, 4) is 0 Å². The van der Waals surface area contributed by atoms with Crippen LogP contribution in [0.3, 0.4) is 0 Å². The number of rotatable bonds is 5. The third-order valence-corrected chi connectivity index (χ3v) is 3.52. The molecule has 3 N–H and O–H groups in total. The van der Waals surface area contributed by atoms with Crippen molar-refractivity contribution in [2.45, 2.75) is 53.0 Å². The van der Waals surface area contributed by atoms with Gasteiger partial charge in [-0.1, -0.05) is 34.1 Å². The molecule has 98 valence electrons. The molecule has 0 aromatic carbocycles. The summed E-state index contributed by atoms with van der Waals surface area (Å²) in [5, 5.41) is 7.96. The van der Waals surface area contributed by atoms with Crippen molar-refractivity contribution in [2.24, 2.45) is 13.0 Å². The maximum Gasteiger partial charge on any atom is 0.148 e. The van der Waals surface area contributed by atoms with E-state index in [2.05, 4.69) is 45.0 Å². The van der Waals surface area contributed by atoms with E-state index in [4.69, 9.17) is 5.73 Å². The Bertz CT molecular complexity index is 368. The summed E-state index contributed by atoms with van der Waals surface area (Å²) < 4.78 is 1.85. The summed E-state index contributed by atoms with van der Waals surface area (Å²) in [7, 11) is 1.94. The molecule has 2 unspecified atom stereocenters. The van der Waals surface area contributed by atoms with Gasteiger partial charge < -0.3 is 11.1 Å². The third-order valence-electron chi connectivity index (χ3n) is 3.52. The van der Waals surface area contributed by atoms with E-state index in [-0.39, 0.29) is 0 Å². The normalized spacial score (nSPS) is 15.0. The van der Waals surface area contributed by atoms with Gasteiger partial charge in [0, 0.05) is 13.1 Å². The largest absolute Gasteiger partial charge is 0.394 e. The summed E-state index contributed by atoms with van der Waals surface area (Å²) in [4.78, 5) is 0. The molecule has 0 saturated heterocycles. The summed E-state index contributed by atoms with van der Waals surface area (Å²) in [5.41, 5.74) is 7.92. The maximum absolute atomic E-state index is 6.15. The fraction of sp³-hybridized carbons (Fsp3) is 0.769. The Morgan fingerprint density at radius 1 is 1.29 bits per heavy atom. The molecule has 0 aliphatic carbocycles. The molecule has 0 bridgehead atoms. The highest BCUT2D eigenvalue weighted by Gasteiger charge is 2.18. The SMILES string of the molecule is CCC(C)C(C)Nc1c(N)c(C(C)C)nn1C. The van der Waals surface area contributed by atoms with Crippen molar-refractivity contribution >= 4 is 11.5 Å². The van der Waals surface area contributed by atoms with Crippen molar-refractivity contribution in [2.75, 3.05) is 11.1 Å². The lowest BCUT2D eigenvalue weighted by molar-refractivity contribution is 0.491. The van der Waals surface area contributed by atoms with Crippen molar-refractivity contribution < 1.29 is 0 Å². The number of nitrogens with two attached hydrogens (primary N) is 1. The number of hydrogen-bond acceptors (Lipinski definition) is 3. The molecule has 0 spiro atoms. The Hall–Kier alpha value is -1.19. The Morgan fingerprint density at radius 3 is 2.29 bits per heavy atom. The fourth-order valence-electron chi connectivity index (χ4n) is 1.87. The smallest absolute Gasteiger partial charge is 0.148 e. The fourth-order valence-corrected chi connectivity index (χ4v) is 1.87. The predicted molar refractivity (Wildman–Crippen MR) is 74.2 cm³/mol. The molecule has 0 aliphatic heterocycles. The van der Waals surface area contributed by atoms with Crippen LogP contribution in [0, 0.1) is 5.92 Å². The molecular weight excluding hydrogens is 212 g/mol. The maximum atomic E-state index is 6.15. The quantitative estimate of drug-likeness (QED) is 0.829. The van der Waals surface area contributed by atoms with Gasteiger partial charge in [0.1, 0.15) is 5.82 Å². The van der Waals surface area contributed by atoms with E-state index in [1.54, 1.807) is 0 Å². The zero-order chi connectivity index (χ0) is 13.2. The molecular formula is C13H26N4. The molecule has 0 radical (unpaired) electrons. The highest BCUT2D eigenvalue weighted by atomic mass is 15.3. The first-order valence-electron chi connectivity index (χ1n) is 6.47. The Balaban J connectivity index is 2.92. The molecule has 0 amide bonds. The van der Waals surface area contributed by atoms with E-state index in [1.807, 2.05) is 11.7 Å². The lowest BCUT2D eigenvalue weighted by Crippen LogP contribution is -2.25. The zero-order valence-electron chi connectivity index (χ0n) is 11.9. The highest BCUT2D eigenvalue weighted by Crippen LogP contribution is 2.28. The van der Waals surface area contributed by atoms with Crippen LogP contribution in [0.1, 0.15) is 52.7 Å². The summed E-state index contributed by atoms with van der Waals surface area (Å²) in [6.45, 7) is 10.9. The van der Waals surface area contributed by atoms with Crippen LogP contribution < -0.4 is 11.1 Å². The minimum absolute atomic E-state index is 0.357. The van der Waals surface area contributed by atoms with Crippen LogP contribution in [0.2, 0.25) is 0 Å². The van der Waals surface area contributed by atoms with Gasteiger partial charge in [-0.2, -0.15) is 5.10 Å². The molecule has 0 aliphatic rings. The van der Waals surface area contributed by atoms with Crippen LogP contribution in [0.4, 0.5) is 11.5 Å². The number of aryl methyl sites for hydroxylation is 1. The molecule has 4 nitrogen and oxygen atoms in total. The van der Waals surface area contributed by atoms with E-state index in [0.29, 0.717) is 17.9 Å². The van der Waals surface area contributed by atoms with Crippen LogP contribution in [0.5, 0.6) is 0 Å². The average Bonchev–Trinajstić information content (AvgIpc) is 2.55. The van der Waals surface area contributed by atoms with Gasteiger partial charge in [-0.05, 0) is 18.8 Å². The van der Waals surface area contributed by atoms with E-state index in [1.165, 1.54) is 0 Å². The number of aromatic nitrogens is 2. The molecule has 1 heterocycles. The second-order valence-electron chi connectivity index (χ2n) is 5.24. The lowest BCUT2D eigenvalue weighted by atomic mass is 10.0. The van der Waals surface area contributed by atoms with Crippen molar-refractivity contribution in [3.63, 3.8) is 0 Å². The summed E-state index contributed by atoms with van der Waals surface area (Å²) in [5.74, 6) is 1.92. The van der Waals surface area contributed by atoms with Gasteiger partial charge in [0.15, 0.2) is 0 Å². The van der Waals surface area contributed by atoms with Gasteiger partial charge >= 0.3 is 0 Å². The van der Waals surface area contributed by atoms with E-state index >= 15 is 0 Å². The van der Waals surface area contributed by atoms with Gasteiger partial charge in [-0.3, -0.25) is 4.68 Å². The predicted octanol–water partition coefficient (Wildman–Crippen LogP) is 2.97. The first kappa shape index (κ1) is 13.9. The first-order chi connectivity index (χ1) is 7.88. The number of nitrogens with zero attached hydrogens (tertiary/aromatic N) is 2. The standard InChI is InChI=1S/C13H26N4/c1-7-9(4)10(5)15-13-11(14)12(8(2)3)16-17(13)6/h8-10,15H,7,14H2,1-6H3. The van der Waals surface area contributed by atoms with Gasteiger partial charge in [0.2, 0.25) is 0 Å². The molecule has 17 heavy (non-hydrogen) atoms. The van der Waals surface area contributed by atoms with Crippen LogP contribution in [-0.4, -0.2) is 15.8 Å². The van der Waals surface area contributed by atoms with E-state index in [0.717, 1.165) is 23.6 Å². The van der Waals surface area contributed by atoms with Crippen LogP contribution >= 0.6 is 0 Å². The summed E-state index contributed by atoms with van der Waals surface area (Å²) in [6, 6.07) is 0.401. The minimum atomic E-state index is 0.357. The number of hydrogen-bond donors (Lipinski definition) is 2. The molecule has 1 aromatic rings. The second-order valence-corrected chi connectivity index (χ2v) is 5.24. The van der Waals surface area contributed by atoms with E-state index < -0.39 is 0 Å². The number of nitrogen functional groups attached to an aromatic ring is 1. The third kappa shape index (κ3) is 2.93. The van der Waals surface area contributed by atoms with Gasteiger partial charge in [0.25, 0.3) is 0 Å². The van der Waals surface area contributed by atoms with E-state index in [9.17, 15) is 0 Å². The Morgan fingerprint density at radius 2 is 1.88 bits per heavy atom. The Kier molecular flexibility index (Phi) is 4.43. The van der Waals surface area contributed by atoms with Gasteiger partial charge in [0.05, 0.1) is 11.4 Å². The minimum Gasteiger partial charge on any atom is -0.394 e. The van der Waals surface area contributed by atoms with Crippen LogP contribution in [0.15, 0.2) is 0 Å². The van der Waals surface area contributed by atoms with Gasteiger partial charge in [-0.15, -0.1) is 0 Å². The topological polar surface area (TPSA) is 55.9 Å². The summed E-state index contributed by atoms with van der Waals surface area (Å²) >= 11 is 0. The van der Waals surface area contributed by atoms with Crippen molar-refractivity contribution in [1.82, 2.24) is 9.78 Å². The Labute approximate surface area is 105 Å². The average molecular weight is 238 g/mol. The van der Waals surface area contributed by atoms with Crippen LogP contribution in [-0.2, 0) is 7.05 Å². The van der Waals surface area contributed by atoms with Crippen molar-refractivity contribution in [1.29, 1.82) is 0 Å². The molecule has 1 aromatic heterocycles. The lowest BCUT2D eigenvalue weighted by Gasteiger charge is -2.21. The molecule has 1 rings (SSSR count). The van der Waals surface area contributed by atoms with Gasteiger partial charge in [-0.25, -0.2) is 0 Å². The monoisotopic (exact) mass is 238 g/mol. The van der Waals surface area contributed by atoms with Crippen LogP contribution in [0.25, 0.3) is 0 Å². The highest BCUT2D eigenvalue weighted by molar-refractivity contribution is 5.66. The molecule has 2 atom stereocenters. The number of anilines is 2. The zero-order valence-corrected chi connectivity index (χ0v) is 11.9. The number of nitrogens with one attached hydrogen (secondary N) is 1. The van der Waals surface area contributed by atoms with Crippen molar-refractivity contribution in [3.05, 3.63) is 5.69 Å². The molecule has 0 fully saturated rings. The first-order valence-corrected chi connectivity index (χ1v) is 6.47. The molecule has 4 heteroatoms. The second kappa shape index (κ2) is 5.43. The summed E-state index contributed by atoms with van der Waals surface area (Å²) in [6.07, 6.45) is 1.16.